The van der Waals surface area contributed by atoms with E-state index >= 15 is 0 Å². The average Bonchev–Trinajstić information content (AvgIpc) is 3.59. The van der Waals surface area contributed by atoms with Crippen molar-refractivity contribution in [3.63, 3.8) is 0 Å². The molecule has 200 valence electrons. The Kier molecular flexibility index (Phi) is 8.67. The first kappa shape index (κ1) is 26.9. The number of hydrogen-bond donors (Lipinski definition) is 1. The molecule has 0 unspecified atom stereocenters. The lowest BCUT2D eigenvalue weighted by Crippen LogP contribution is -2.41. The van der Waals surface area contributed by atoms with Crippen LogP contribution < -0.4 is 19.5 Å². The van der Waals surface area contributed by atoms with Crippen molar-refractivity contribution in [2.75, 3.05) is 38.2 Å². The maximum atomic E-state index is 12.8. The van der Waals surface area contributed by atoms with Gasteiger partial charge < -0.3 is 18.6 Å². The number of nitrogens with zero attached hydrogens (tertiary/aromatic N) is 3. The highest BCUT2D eigenvalue weighted by Crippen LogP contribution is 2.42. The first-order valence-electron chi connectivity index (χ1n) is 12.1. The van der Waals surface area contributed by atoms with Gasteiger partial charge in [-0.3, -0.25) is 10.1 Å². The van der Waals surface area contributed by atoms with Crippen molar-refractivity contribution in [2.45, 2.75) is 37.8 Å². The zero-order valence-corrected chi connectivity index (χ0v) is 22.6. The molecule has 1 amide bonds. The molecule has 0 aliphatic carbocycles. The number of ether oxygens (including phenoxy) is 3. The van der Waals surface area contributed by atoms with Gasteiger partial charge in [0, 0.05) is 24.6 Å². The molecule has 3 heterocycles. The number of rotatable bonds is 11. The van der Waals surface area contributed by atoms with Gasteiger partial charge in [0.25, 0.3) is 10.0 Å². The third kappa shape index (κ3) is 6.05. The zero-order valence-electron chi connectivity index (χ0n) is 20.9. The average molecular weight is 551 g/mol. The Morgan fingerprint density at radius 1 is 1.08 bits per heavy atom. The first-order chi connectivity index (χ1) is 17.9. The molecule has 2 aromatic heterocycles. The largest absolute Gasteiger partial charge is 0.490 e. The van der Waals surface area contributed by atoms with Crippen LogP contribution in [0.15, 0.2) is 38.3 Å². The van der Waals surface area contributed by atoms with Crippen LogP contribution in [-0.4, -0.2) is 61.7 Å². The number of hydrogen-bond acceptors (Lipinski definition) is 10. The minimum absolute atomic E-state index is 0.0431. The van der Waals surface area contributed by atoms with Gasteiger partial charge in [0.1, 0.15) is 4.21 Å². The molecular formula is C24H30N4O7S2. The standard InChI is InChI=1S/C24H30N4O7S2/c1-4-32-18-14-17(15-19(33-5-2)21(18)34-6-3)23-26-27-24(35-23)25-22(29)16-9-11-28(12-10-16)37(30,31)20-8-7-13-36-20/h7-8,13-16H,4-6,9-12H2,1-3H3,(H,25,27,29). The van der Waals surface area contributed by atoms with Gasteiger partial charge in [-0.25, -0.2) is 8.42 Å². The lowest BCUT2D eigenvalue weighted by molar-refractivity contribution is -0.121. The van der Waals surface area contributed by atoms with Crippen molar-refractivity contribution in [3.05, 3.63) is 29.6 Å². The van der Waals surface area contributed by atoms with E-state index in [4.69, 9.17) is 18.6 Å². The summed E-state index contributed by atoms with van der Waals surface area (Å²) in [5.74, 6) is 0.981. The Morgan fingerprint density at radius 2 is 1.73 bits per heavy atom. The molecule has 0 radical (unpaired) electrons. The van der Waals surface area contributed by atoms with E-state index in [1.165, 1.54) is 15.6 Å². The Morgan fingerprint density at radius 3 is 2.30 bits per heavy atom. The molecule has 11 nitrogen and oxygen atoms in total. The number of sulfonamides is 1. The molecule has 0 spiro atoms. The van der Waals surface area contributed by atoms with Gasteiger partial charge in [-0.05, 0) is 57.2 Å². The number of carbonyl (C=O) groups is 1. The maximum Gasteiger partial charge on any atom is 0.322 e. The number of piperidine rings is 1. The summed E-state index contributed by atoms with van der Waals surface area (Å²) in [5.41, 5.74) is 0.551. The monoisotopic (exact) mass is 550 g/mol. The lowest BCUT2D eigenvalue weighted by Gasteiger charge is -2.29. The normalized spacial score (nSPS) is 14.9. The second kappa shape index (κ2) is 11.9. The van der Waals surface area contributed by atoms with Gasteiger partial charge in [-0.2, -0.15) is 4.31 Å². The maximum absolute atomic E-state index is 12.8. The van der Waals surface area contributed by atoms with E-state index in [-0.39, 0.29) is 36.8 Å². The van der Waals surface area contributed by atoms with Crippen molar-refractivity contribution < 1.29 is 31.8 Å². The van der Waals surface area contributed by atoms with Crippen LogP contribution in [0.2, 0.25) is 0 Å². The fourth-order valence-corrected chi connectivity index (χ4v) is 6.62. The number of thiophene rings is 1. The minimum atomic E-state index is -3.53. The molecule has 13 heteroatoms. The third-order valence-electron chi connectivity index (χ3n) is 5.73. The van der Waals surface area contributed by atoms with Crippen LogP contribution in [0.4, 0.5) is 6.01 Å². The van der Waals surface area contributed by atoms with Crippen molar-refractivity contribution in [1.29, 1.82) is 0 Å². The van der Waals surface area contributed by atoms with E-state index in [2.05, 4.69) is 15.5 Å². The Hall–Kier alpha value is -3.16. The van der Waals surface area contributed by atoms with E-state index in [0.717, 1.165) is 0 Å². The van der Waals surface area contributed by atoms with Gasteiger partial charge >= 0.3 is 6.01 Å². The second-order valence-electron chi connectivity index (χ2n) is 8.11. The van der Waals surface area contributed by atoms with Gasteiger partial charge in [0.2, 0.25) is 17.5 Å². The van der Waals surface area contributed by atoms with Gasteiger partial charge in [-0.1, -0.05) is 11.2 Å². The van der Waals surface area contributed by atoms with Crippen LogP contribution in [0.1, 0.15) is 33.6 Å². The zero-order chi connectivity index (χ0) is 26.4. The highest BCUT2D eigenvalue weighted by molar-refractivity contribution is 7.91. The Bertz CT molecular complexity index is 1270. The Labute approximate surface area is 219 Å². The van der Waals surface area contributed by atoms with Gasteiger partial charge in [0.15, 0.2) is 11.5 Å². The number of amides is 1. The number of benzene rings is 1. The van der Waals surface area contributed by atoms with Crippen LogP contribution in [0.5, 0.6) is 17.2 Å². The van der Waals surface area contributed by atoms with Crippen molar-refractivity contribution in [2.24, 2.45) is 5.92 Å². The van der Waals surface area contributed by atoms with Gasteiger partial charge in [0.05, 0.1) is 19.8 Å². The summed E-state index contributed by atoms with van der Waals surface area (Å²) >= 11 is 1.18. The quantitative estimate of drug-likeness (QED) is 0.376. The molecule has 37 heavy (non-hydrogen) atoms. The fourth-order valence-electron chi connectivity index (χ4n) is 4.01. The number of anilines is 1. The van der Waals surface area contributed by atoms with Crippen LogP contribution >= 0.6 is 11.3 Å². The van der Waals surface area contributed by atoms with Crippen molar-refractivity contribution >= 4 is 33.3 Å². The number of carbonyl (C=O) groups excluding carboxylic acids is 1. The molecule has 3 aromatic rings. The van der Waals surface area contributed by atoms with Crippen molar-refractivity contribution in [1.82, 2.24) is 14.5 Å². The molecule has 1 aliphatic rings. The van der Waals surface area contributed by atoms with Crippen LogP contribution in [0, 0.1) is 5.92 Å². The predicted molar refractivity (Wildman–Crippen MR) is 138 cm³/mol. The van der Waals surface area contributed by atoms with Crippen LogP contribution in [0.25, 0.3) is 11.5 Å². The molecule has 1 fully saturated rings. The summed E-state index contributed by atoms with van der Waals surface area (Å²) in [5, 5.41) is 12.4. The van der Waals surface area contributed by atoms with Crippen LogP contribution in [0.3, 0.4) is 0 Å². The highest BCUT2D eigenvalue weighted by Gasteiger charge is 2.33. The molecule has 1 saturated heterocycles. The first-order valence-corrected chi connectivity index (χ1v) is 14.4. The summed E-state index contributed by atoms with van der Waals surface area (Å²) in [6, 6.07) is 6.70. The summed E-state index contributed by atoms with van der Waals surface area (Å²) in [7, 11) is -3.53. The summed E-state index contributed by atoms with van der Waals surface area (Å²) in [6.07, 6.45) is 0.789. The lowest BCUT2D eigenvalue weighted by atomic mass is 9.97. The van der Waals surface area contributed by atoms with E-state index in [1.54, 1.807) is 29.6 Å². The number of aromatic nitrogens is 2. The fraction of sp³-hybridized carbons (Fsp3) is 0.458. The molecular weight excluding hydrogens is 520 g/mol. The summed E-state index contributed by atoms with van der Waals surface area (Å²) in [4.78, 5) is 12.8. The molecule has 0 atom stereocenters. The van der Waals surface area contributed by atoms with E-state index in [1.807, 2.05) is 20.8 Å². The molecule has 0 bridgehead atoms. The summed E-state index contributed by atoms with van der Waals surface area (Å²) in [6.45, 7) is 7.42. The molecule has 1 aromatic carbocycles. The van der Waals surface area contributed by atoms with E-state index < -0.39 is 10.0 Å². The van der Waals surface area contributed by atoms with Crippen LogP contribution in [-0.2, 0) is 14.8 Å². The van der Waals surface area contributed by atoms with E-state index in [0.29, 0.717) is 59.7 Å². The molecule has 4 rings (SSSR count). The van der Waals surface area contributed by atoms with E-state index in [9.17, 15) is 13.2 Å². The smallest absolute Gasteiger partial charge is 0.322 e. The minimum Gasteiger partial charge on any atom is -0.490 e. The van der Waals surface area contributed by atoms with Crippen molar-refractivity contribution in [3.8, 4) is 28.7 Å². The Balaban J connectivity index is 1.43. The molecule has 1 N–H and O–H groups in total. The van der Waals surface area contributed by atoms with Gasteiger partial charge in [-0.15, -0.1) is 16.4 Å². The predicted octanol–water partition coefficient (Wildman–Crippen LogP) is 4.03. The topological polar surface area (TPSA) is 133 Å². The second-order valence-corrected chi connectivity index (χ2v) is 11.2. The summed E-state index contributed by atoms with van der Waals surface area (Å²) < 4.78 is 50.1. The molecule has 0 saturated carbocycles. The molecule has 1 aliphatic heterocycles. The third-order valence-corrected chi connectivity index (χ3v) is 9.00. The number of nitrogens with one attached hydrogen (secondary N) is 1. The highest BCUT2D eigenvalue weighted by atomic mass is 32.2. The SMILES string of the molecule is CCOc1cc(-c2nnc(NC(=O)C3CCN(S(=O)(=O)c4cccs4)CC3)o2)cc(OCC)c1OCC.